The average Bonchev–Trinajstić information content (AvgIpc) is 3.35. The highest BCUT2D eigenvalue weighted by atomic mass is 32.2. The number of aryl methyl sites for hydroxylation is 2. The lowest BCUT2D eigenvalue weighted by Crippen LogP contribution is -2.23. The predicted molar refractivity (Wildman–Crippen MR) is 109 cm³/mol. The molecule has 1 N–H and O–H groups in total. The number of aromatic nitrogens is 3. The van der Waals surface area contributed by atoms with Crippen LogP contribution < -0.4 is 5.32 Å². The fourth-order valence-electron chi connectivity index (χ4n) is 4.13. The molecule has 146 valence electrons. The topological polar surface area (TPSA) is 93.9 Å². The van der Waals surface area contributed by atoms with Crippen LogP contribution in [0, 0.1) is 6.92 Å². The van der Waals surface area contributed by atoms with Gasteiger partial charge in [-0.1, -0.05) is 17.4 Å². The van der Waals surface area contributed by atoms with E-state index in [4.69, 9.17) is 0 Å². The van der Waals surface area contributed by atoms with Crippen LogP contribution in [0.25, 0.3) is 10.2 Å². The van der Waals surface area contributed by atoms with E-state index in [-0.39, 0.29) is 23.5 Å². The molecule has 0 saturated carbocycles. The molecule has 9 heteroatoms. The van der Waals surface area contributed by atoms with Crippen molar-refractivity contribution >= 4 is 42.4 Å². The number of amides is 1. The van der Waals surface area contributed by atoms with Crippen molar-refractivity contribution in [1.29, 1.82) is 0 Å². The van der Waals surface area contributed by atoms with E-state index in [1.165, 1.54) is 11.3 Å². The number of benzene rings is 1. The summed E-state index contributed by atoms with van der Waals surface area (Å²) in [5, 5.41) is 8.10. The third-order valence-corrected chi connectivity index (χ3v) is 8.15. The Morgan fingerprint density at radius 3 is 2.96 bits per heavy atom. The van der Waals surface area contributed by atoms with Crippen molar-refractivity contribution in [1.82, 2.24) is 14.8 Å². The Labute approximate surface area is 166 Å². The van der Waals surface area contributed by atoms with Gasteiger partial charge >= 0.3 is 0 Å². The molecule has 3 aromatic rings. The molecule has 2 aliphatic rings. The SMILES string of the molecule is Cc1ccc2nc(NC(=O)c3c4c(nn3C3CCS(=O)(=O)C3)CCC4)sc2c1. The van der Waals surface area contributed by atoms with Crippen molar-refractivity contribution in [2.75, 3.05) is 16.8 Å². The average molecular weight is 417 g/mol. The number of anilines is 1. The lowest BCUT2D eigenvalue weighted by Gasteiger charge is -2.14. The summed E-state index contributed by atoms with van der Waals surface area (Å²) in [6, 6.07) is 5.72. The zero-order valence-corrected chi connectivity index (χ0v) is 17.1. The molecular weight excluding hydrogens is 396 g/mol. The number of fused-ring (bicyclic) bond motifs is 2. The van der Waals surface area contributed by atoms with Crippen molar-refractivity contribution in [3.8, 4) is 0 Å². The fraction of sp³-hybridized carbons (Fsp3) is 0.421. The molecule has 2 aromatic heterocycles. The van der Waals surface area contributed by atoms with Crippen LogP contribution in [0.15, 0.2) is 18.2 Å². The summed E-state index contributed by atoms with van der Waals surface area (Å²) < 4.78 is 26.6. The molecule has 0 bridgehead atoms. The van der Waals surface area contributed by atoms with Crippen molar-refractivity contribution in [2.45, 2.75) is 38.6 Å². The van der Waals surface area contributed by atoms with Gasteiger partial charge in [-0.15, -0.1) is 0 Å². The Kier molecular flexibility index (Phi) is 4.06. The zero-order chi connectivity index (χ0) is 19.5. The van der Waals surface area contributed by atoms with Crippen LogP contribution in [0.4, 0.5) is 5.13 Å². The number of rotatable bonds is 3. The van der Waals surface area contributed by atoms with Crippen LogP contribution in [0.2, 0.25) is 0 Å². The molecule has 1 aliphatic heterocycles. The minimum absolute atomic E-state index is 0.0499. The third kappa shape index (κ3) is 3.02. The summed E-state index contributed by atoms with van der Waals surface area (Å²) >= 11 is 1.44. The molecule has 5 rings (SSSR count). The monoisotopic (exact) mass is 416 g/mol. The lowest BCUT2D eigenvalue weighted by molar-refractivity contribution is 0.101. The highest BCUT2D eigenvalue weighted by Crippen LogP contribution is 2.33. The van der Waals surface area contributed by atoms with Crippen LogP contribution in [-0.2, 0) is 22.7 Å². The number of hydrogen-bond donors (Lipinski definition) is 1. The summed E-state index contributed by atoms with van der Waals surface area (Å²) in [5.74, 6) is -0.0509. The summed E-state index contributed by atoms with van der Waals surface area (Å²) in [6.07, 6.45) is 3.12. The van der Waals surface area contributed by atoms with Crippen LogP contribution >= 0.6 is 11.3 Å². The summed E-state index contributed by atoms with van der Waals surface area (Å²) in [4.78, 5) is 17.7. The third-order valence-electron chi connectivity index (χ3n) is 5.47. The van der Waals surface area contributed by atoms with Gasteiger partial charge in [-0.3, -0.25) is 14.8 Å². The summed E-state index contributed by atoms with van der Waals surface area (Å²) in [7, 11) is -3.06. The summed E-state index contributed by atoms with van der Waals surface area (Å²) in [6.45, 7) is 2.02. The molecule has 3 heterocycles. The van der Waals surface area contributed by atoms with Crippen LogP contribution in [0.3, 0.4) is 0 Å². The number of sulfone groups is 1. The Morgan fingerprint density at radius 1 is 1.32 bits per heavy atom. The number of nitrogens with one attached hydrogen (secondary N) is 1. The first-order valence-corrected chi connectivity index (χ1v) is 12.0. The van der Waals surface area contributed by atoms with Crippen molar-refractivity contribution in [2.24, 2.45) is 0 Å². The molecule has 28 heavy (non-hydrogen) atoms. The van der Waals surface area contributed by atoms with E-state index >= 15 is 0 Å². The Hall–Kier alpha value is -2.26. The normalized spacial score (nSPS) is 20.5. The number of carbonyl (C=O) groups is 1. The van der Waals surface area contributed by atoms with Gasteiger partial charge in [0.15, 0.2) is 15.0 Å². The van der Waals surface area contributed by atoms with Gasteiger partial charge in [-0.25, -0.2) is 13.4 Å². The van der Waals surface area contributed by atoms with Gasteiger partial charge < -0.3 is 0 Å². The molecule has 1 fully saturated rings. The smallest absolute Gasteiger partial charge is 0.276 e. The van der Waals surface area contributed by atoms with Gasteiger partial charge in [0.1, 0.15) is 5.69 Å². The molecule has 1 saturated heterocycles. The first kappa shape index (κ1) is 17.8. The molecule has 1 aromatic carbocycles. The first-order chi connectivity index (χ1) is 13.4. The van der Waals surface area contributed by atoms with E-state index in [9.17, 15) is 13.2 Å². The van der Waals surface area contributed by atoms with E-state index in [1.54, 1.807) is 4.68 Å². The maximum Gasteiger partial charge on any atom is 0.276 e. The molecule has 0 spiro atoms. The molecule has 1 unspecified atom stereocenters. The molecule has 7 nitrogen and oxygen atoms in total. The number of hydrogen-bond acceptors (Lipinski definition) is 6. The molecule has 1 amide bonds. The van der Waals surface area contributed by atoms with Crippen molar-refractivity contribution < 1.29 is 13.2 Å². The van der Waals surface area contributed by atoms with Crippen LogP contribution in [0.1, 0.15) is 46.2 Å². The first-order valence-electron chi connectivity index (χ1n) is 9.39. The van der Waals surface area contributed by atoms with E-state index in [0.29, 0.717) is 17.2 Å². The van der Waals surface area contributed by atoms with Gasteiger partial charge in [-0.05, 0) is 50.3 Å². The molecule has 1 aliphatic carbocycles. The van der Waals surface area contributed by atoms with Gasteiger partial charge in [-0.2, -0.15) is 5.10 Å². The van der Waals surface area contributed by atoms with Gasteiger partial charge in [0.2, 0.25) is 0 Å². The highest BCUT2D eigenvalue weighted by Gasteiger charge is 2.35. The zero-order valence-electron chi connectivity index (χ0n) is 15.4. The van der Waals surface area contributed by atoms with Crippen LogP contribution in [0.5, 0.6) is 0 Å². The number of thiazole rings is 1. The second-order valence-corrected chi connectivity index (χ2v) is 10.8. The standard InChI is InChI=1S/C19H20N4O3S2/c1-11-5-6-15-16(9-11)27-19(20-15)21-18(24)17-13-3-2-4-14(13)22-23(17)12-7-8-28(25,26)10-12/h5-6,9,12H,2-4,7-8,10H2,1H3,(H,20,21,24). The predicted octanol–water partition coefficient (Wildman–Crippen LogP) is 2.90. The van der Waals surface area contributed by atoms with E-state index in [2.05, 4.69) is 15.4 Å². The molecule has 1 atom stereocenters. The van der Waals surface area contributed by atoms with E-state index in [1.807, 2.05) is 25.1 Å². The largest absolute Gasteiger partial charge is 0.296 e. The minimum Gasteiger partial charge on any atom is -0.296 e. The highest BCUT2D eigenvalue weighted by molar-refractivity contribution is 7.91. The van der Waals surface area contributed by atoms with E-state index in [0.717, 1.165) is 46.3 Å². The maximum absolute atomic E-state index is 13.2. The quantitative estimate of drug-likeness (QED) is 0.708. The number of nitrogens with zero attached hydrogens (tertiary/aromatic N) is 3. The summed E-state index contributed by atoms with van der Waals surface area (Å²) in [5.41, 5.74) is 4.39. The second kappa shape index (κ2) is 6.38. The molecular formula is C19H20N4O3S2. The maximum atomic E-state index is 13.2. The minimum atomic E-state index is -3.06. The van der Waals surface area contributed by atoms with Crippen molar-refractivity contribution in [3.63, 3.8) is 0 Å². The van der Waals surface area contributed by atoms with Crippen LogP contribution in [-0.4, -0.2) is 40.6 Å². The van der Waals surface area contributed by atoms with Crippen molar-refractivity contribution in [3.05, 3.63) is 40.7 Å². The van der Waals surface area contributed by atoms with E-state index < -0.39 is 9.84 Å². The van der Waals surface area contributed by atoms with Gasteiger partial charge in [0, 0.05) is 5.56 Å². The van der Waals surface area contributed by atoms with Gasteiger partial charge in [0.25, 0.3) is 5.91 Å². The van der Waals surface area contributed by atoms with Gasteiger partial charge in [0.05, 0.1) is 33.5 Å². The second-order valence-electron chi connectivity index (χ2n) is 7.57. The Morgan fingerprint density at radius 2 is 2.18 bits per heavy atom. The Balaban J connectivity index is 1.50. The Bertz CT molecular complexity index is 1210. The molecule has 0 radical (unpaired) electrons. The number of carbonyl (C=O) groups excluding carboxylic acids is 1. The lowest BCUT2D eigenvalue weighted by atomic mass is 10.1. The fourth-order valence-corrected chi connectivity index (χ4v) is 6.78.